The third kappa shape index (κ3) is 4.38. The molecule has 0 fully saturated rings. The molecule has 0 aliphatic carbocycles. The van der Waals surface area contributed by atoms with Crippen LogP contribution in [0.2, 0.25) is 0 Å². The fourth-order valence-corrected chi connectivity index (χ4v) is 2.85. The highest BCUT2D eigenvalue weighted by molar-refractivity contribution is 5.92. The molecule has 0 saturated heterocycles. The van der Waals surface area contributed by atoms with Crippen LogP contribution in [0.25, 0.3) is 10.9 Å². The number of hydrogen-bond donors (Lipinski definition) is 2. The number of carbonyl (C=O) groups is 2. The van der Waals surface area contributed by atoms with Crippen LogP contribution < -0.4 is 16.2 Å². The number of fused-ring (bicyclic) bond motifs is 1. The number of hydrogen-bond acceptors (Lipinski definition) is 4. The zero-order valence-electron chi connectivity index (χ0n) is 15.2. The number of aromatic nitrogens is 2. The Kier molecular flexibility index (Phi) is 5.30. The van der Waals surface area contributed by atoms with Crippen molar-refractivity contribution in [2.45, 2.75) is 19.8 Å². The van der Waals surface area contributed by atoms with E-state index in [0.29, 0.717) is 29.0 Å². The Morgan fingerprint density at radius 3 is 2.30 bits per heavy atom. The highest BCUT2D eigenvalue weighted by Crippen LogP contribution is 2.14. The molecule has 27 heavy (non-hydrogen) atoms. The van der Waals surface area contributed by atoms with Crippen LogP contribution in [-0.2, 0) is 23.1 Å². The summed E-state index contributed by atoms with van der Waals surface area (Å²) in [7, 11) is 1.84. The van der Waals surface area contributed by atoms with Crippen LogP contribution in [-0.4, -0.2) is 21.4 Å². The molecule has 0 spiro atoms. The predicted octanol–water partition coefficient (Wildman–Crippen LogP) is 2.46. The lowest BCUT2D eigenvalue weighted by atomic mass is 10.2. The van der Waals surface area contributed by atoms with Gasteiger partial charge in [-0.05, 0) is 36.4 Å². The summed E-state index contributed by atoms with van der Waals surface area (Å²) in [6, 6.07) is 14.1. The molecule has 3 rings (SSSR count). The zero-order chi connectivity index (χ0) is 19.4. The standard InChI is InChI=1S/C20H20N4O3/c1-13(25)21-14-7-9-15(10-8-14)22-19(26)12-11-18-23-20(27)16-5-3-4-6-17(16)24(18)2/h3-10H,11-12H2,1-2H3,(H,21,25)(H,22,26). The molecule has 2 N–H and O–H groups in total. The molecule has 0 bridgehead atoms. The second kappa shape index (κ2) is 7.82. The molecule has 7 nitrogen and oxygen atoms in total. The van der Waals surface area contributed by atoms with Gasteiger partial charge in [-0.3, -0.25) is 14.4 Å². The van der Waals surface area contributed by atoms with E-state index in [9.17, 15) is 14.4 Å². The van der Waals surface area contributed by atoms with E-state index >= 15 is 0 Å². The Bertz CT molecular complexity index is 1060. The zero-order valence-corrected chi connectivity index (χ0v) is 15.2. The van der Waals surface area contributed by atoms with Gasteiger partial charge in [0.05, 0.1) is 10.9 Å². The van der Waals surface area contributed by atoms with Gasteiger partial charge in [0.15, 0.2) is 0 Å². The Hall–Kier alpha value is -3.48. The number of anilines is 2. The first-order chi connectivity index (χ1) is 12.9. The van der Waals surface area contributed by atoms with E-state index < -0.39 is 0 Å². The molecule has 7 heteroatoms. The van der Waals surface area contributed by atoms with Crippen LogP contribution in [0, 0.1) is 0 Å². The lowest BCUT2D eigenvalue weighted by Crippen LogP contribution is -2.19. The van der Waals surface area contributed by atoms with Crippen molar-refractivity contribution in [3.63, 3.8) is 0 Å². The summed E-state index contributed by atoms with van der Waals surface area (Å²) in [5.41, 5.74) is 1.81. The third-order valence-electron chi connectivity index (χ3n) is 4.18. The van der Waals surface area contributed by atoms with Crippen molar-refractivity contribution in [3.05, 3.63) is 64.7 Å². The maximum Gasteiger partial charge on any atom is 0.280 e. The SMILES string of the molecule is CC(=O)Nc1ccc(NC(=O)CCc2nc(=O)c3ccccc3n2C)cc1. The number of nitrogens with zero attached hydrogens (tertiary/aromatic N) is 2. The highest BCUT2D eigenvalue weighted by atomic mass is 16.2. The van der Waals surface area contributed by atoms with Gasteiger partial charge in [0.1, 0.15) is 5.82 Å². The second-order valence-electron chi connectivity index (χ2n) is 6.22. The Morgan fingerprint density at radius 2 is 1.63 bits per heavy atom. The molecular weight excluding hydrogens is 344 g/mol. The molecule has 138 valence electrons. The van der Waals surface area contributed by atoms with Gasteiger partial charge in [-0.15, -0.1) is 0 Å². The van der Waals surface area contributed by atoms with Crippen LogP contribution in [0.1, 0.15) is 19.2 Å². The fourth-order valence-electron chi connectivity index (χ4n) is 2.85. The van der Waals surface area contributed by atoms with Crippen LogP contribution in [0.4, 0.5) is 11.4 Å². The van der Waals surface area contributed by atoms with Crippen molar-refractivity contribution in [1.29, 1.82) is 0 Å². The molecule has 0 radical (unpaired) electrons. The first-order valence-electron chi connectivity index (χ1n) is 8.56. The topological polar surface area (TPSA) is 93.1 Å². The second-order valence-corrected chi connectivity index (χ2v) is 6.22. The van der Waals surface area contributed by atoms with Gasteiger partial charge in [0, 0.05) is 38.2 Å². The molecule has 2 aromatic carbocycles. The van der Waals surface area contributed by atoms with E-state index in [0.717, 1.165) is 5.52 Å². The molecule has 2 amide bonds. The van der Waals surface area contributed by atoms with Crippen molar-refractivity contribution >= 4 is 34.1 Å². The minimum Gasteiger partial charge on any atom is -0.332 e. The molecule has 0 aliphatic heterocycles. The largest absolute Gasteiger partial charge is 0.332 e. The maximum absolute atomic E-state index is 12.2. The summed E-state index contributed by atoms with van der Waals surface area (Å²) in [6.45, 7) is 1.43. The minimum absolute atomic E-state index is 0.153. The van der Waals surface area contributed by atoms with Crippen molar-refractivity contribution in [3.8, 4) is 0 Å². The molecule has 3 aromatic rings. The highest BCUT2D eigenvalue weighted by Gasteiger charge is 2.10. The van der Waals surface area contributed by atoms with Gasteiger partial charge in [0.25, 0.3) is 5.56 Å². The number of benzene rings is 2. The van der Waals surface area contributed by atoms with E-state index in [2.05, 4.69) is 15.6 Å². The summed E-state index contributed by atoms with van der Waals surface area (Å²) in [4.78, 5) is 39.5. The van der Waals surface area contributed by atoms with E-state index in [1.54, 1.807) is 36.4 Å². The molecule has 0 atom stereocenters. The Balaban J connectivity index is 1.66. The summed E-state index contributed by atoms with van der Waals surface area (Å²) in [5, 5.41) is 6.03. The number of amides is 2. The smallest absolute Gasteiger partial charge is 0.280 e. The molecule has 1 aromatic heterocycles. The van der Waals surface area contributed by atoms with Gasteiger partial charge in [-0.1, -0.05) is 12.1 Å². The Labute approximate surface area is 156 Å². The van der Waals surface area contributed by atoms with Gasteiger partial charge in [-0.25, -0.2) is 0 Å². The first-order valence-corrected chi connectivity index (χ1v) is 8.56. The number of aryl methyl sites for hydroxylation is 2. The van der Waals surface area contributed by atoms with Crippen LogP contribution >= 0.6 is 0 Å². The average molecular weight is 364 g/mol. The number of nitrogens with one attached hydrogen (secondary N) is 2. The van der Waals surface area contributed by atoms with Crippen molar-refractivity contribution in [2.75, 3.05) is 10.6 Å². The molecule has 1 heterocycles. The number of rotatable bonds is 5. The summed E-state index contributed by atoms with van der Waals surface area (Å²) < 4.78 is 1.84. The average Bonchev–Trinajstić information content (AvgIpc) is 2.65. The predicted molar refractivity (Wildman–Crippen MR) is 105 cm³/mol. The van der Waals surface area contributed by atoms with E-state index in [-0.39, 0.29) is 23.8 Å². The third-order valence-corrected chi connectivity index (χ3v) is 4.18. The van der Waals surface area contributed by atoms with Crippen molar-refractivity contribution in [1.82, 2.24) is 9.55 Å². The molecular formula is C20H20N4O3. The number of carbonyl (C=O) groups excluding carboxylic acids is 2. The van der Waals surface area contributed by atoms with E-state index in [1.165, 1.54) is 6.92 Å². The van der Waals surface area contributed by atoms with Crippen molar-refractivity contribution in [2.24, 2.45) is 7.05 Å². The molecule has 0 aliphatic rings. The quantitative estimate of drug-likeness (QED) is 0.727. The fraction of sp³-hybridized carbons (Fsp3) is 0.200. The molecule has 0 saturated carbocycles. The van der Waals surface area contributed by atoms with E-state index in [4.69, 9.17) is 0 Å². The number of para-hydroxylation sites is 1. The van der Waals surface area contributed by atoms with Crippen LogP contribution in [0.15, 0.2) is 53.3 Å². The normalized spacial score (nSPS) is 10.6. The molecule has 0 unspecified atom stereocenters. The Morgan fingerprint density at radius 1 is 1.00 bits per heavy atom. The van der Waals surface area contributed by atoms with Gasteiger partial charge in [0.2, 0.25) is 11.8 Å². The monoisotopic (exact) mass is 364 g/mol. The van der Waals surface area contributed by atoms with Gasteiger partial charge >= 0.3 is 0 Å². The van der Waals surface area contributed by atoms with Crippen molar-refractivity contribution < 1.29 is 9.59 Å². The summed E-state index contributed by atoms with van der Waals surface area (Å²) >= 11 is 0. The van der Waals surface area contributed by atoms with Gasteiger partial charge in [-0.2, -0.15) is 4.98 Å². The lowest BCUT2D eigenvalue weighted by molar-refractivity contribution is -0.116. The lowest BCUT2D eigenvalue weighted by Gasteiger charge is -2.11. The van der Waals surface area contributed by atoms with Crippen LogP contribution in [0.3, 0.4) is 0 Å². The first kappa shape index (κ1) is 18.3. The summed E-state index contributed by atoms with van der Waals surface area (Å²) in [6.07, 6.45) is 0.554. The van der Waals surface area contributed by atoms with Crippen LogP contribution in [0.5, 0.6) is 0 Å². The van der Waals surface area contributed by atoms with E-state index in [1.807, 2.05) is 23.7 Å². The minimum atomic E-state index is -0.285. The summed E-state index contributed by atoms with van der Waals surface area (Å²) in [5.74, 6) is 0.236. The maximum atomic E-state index is 12.2. The van der Waals surface area contributed by atoms with Gasteiger partial charge < -0.3 is 15.2 Å².